The molecule has 3 rings (SSSR count). The molecule has 3 aliphatic rings. The molecule has 0 aromatic carbocycles. The first-order chi connectivity index (χ1) is 9.63. The Morgan fingerprint density at radius 3 is 2.80 bits per heavy atom. The monoisotopic (exact) mass is 277 g/mol. The van der Waals surface area contributed by atoms with E-state index in [9.17, 15) is 9.59 Å². The fourth-order valence-corrected chi connectivity index (χ4v) is 3.80. The standard InChI is InChI=1S/C16H23NO3/c1-11-3-2-6-17(9-11)15(18)10-20-16(19)14-8-12-4-5-13(14)7-12/h4-5,11-14H,2-3,6-10H2,1H3. The maximum atomic E-state index is 12.1. The third-order valence-corrected chi connectivity index (χ3v) is 4.93. The number of allylic oxidation sites excluding steroid dienone is 2. The maximum Gasteiger partial charge on any atom is 0.310 e. The highest BCUT2D eigenvalue weighted by molar-refractivity contribution is 5.81. The van der Waals surface area contributed by atoms with E-state index in [2.05, 4.69) is 19.1 Å². The maximum absolute atomic E-state index is 12.1. The van der Waals surface area contributed by atoms with Gasteiger partial charge >= 0.3 is 5.97 Å². The van der Waals surface area contributed by atoms with E-state index in [0.29, 0.717) is 17.8 Å². The van der Waals surface area contributed by atoms with Crippen molar-refractivity contribution in [1.82, 2.24) is 4.90 Å². The van der Waals surface area contributed by atoms with Gasteiger partial charge in [-0.1, -0.05) is 19.1 Å². The lowest BCUT2D eigenvalue weighted by Crippen LogP contribution is -2.41. The van der Waals surface area contributed by atoms with Gasteiger partial charge in [-0.05, 0) is 43.4 Å². The highest BCUT2D eigenvalue weighted by Gasteiger charge is 2.41. The van der Waals surface area contributed by atoms with Crippen molar-refractivity contribution in [2.45, 2.75) is 32.6 Å². The Morgan fingerprint density at radius 2 is 2.15 bits per heavy atom. The predicted octanol–water partition coefficient (Wildman–Crippen LogP) is 2.00. The van der Waals surface area contributed by atoms with Crippen LogP contribution in [0.2, 0.25) is 0 Å². The van der Waals surface area contributed by atoms with Crippen LogP contribution in [-0.2, 0) is 14.3 Å². The van der Waals surface area contributed by atoms with E-state index in [1.165, 1.54) is 6.42 Å². The first kappa shape index (κ1) is 13.7. The van der Waals surface area contributed by atoms with Gasteiger partial charge in [0.2, 0.25) is 0 Å². The number of hydrogen-bond donors (Lipinski definition) is 0. The quantitative estimate of drug-likeness (QED) is 0.585. The summed E-state index contributed by atoms with van der Waals surface area (Å²) in [7, 11) is 0. The predicted molar refractivity (Wildman–Crippen MR) is 74.8 cm³/mol. The molecule has 0 spiro atoms. The van der Waals surface area contributed by atoms with Gasteiger partial charge in [-0.3, -0.25) is 9.59 Å². The van der Waals surface area contributed by atoms with Crippen LogP contribution in [0.3, 0.4) is 0 Å². The number of nitrogens with zero attached hydrogens (tertiary/aromatic N) is 1. The SMILES string of the molecule is CC1CCCN(C(=O)COC(=O)C2CC3C=CC2C3)C1. The minimum absolute atomic E-state index is 0.0157. The van der Waals surface area contributed by atoms with Gasteiger partial charge in [0.05, 0.1) is 5.92 Å². The molecule has 1 amide bonds. The number of likely N-dealkylation sites (tertiary alicyclic amines) is 1. The van der Waals surface area contributed by atoms with Crippen LogP contribution in [0, 0.1) is 23.7 Å². The molecule has 2 aliphatic carbocycles. The lowest BCUT2D eigenvalue weighted by atomic mass is 9.94. The highest BCUT2D eigenvalue weighted by atomic mass is 16.5. The van der Waals surface area contributed by atoms with Crippen LogP contribution in [-0.4, -0.2) is 36.5 Å². The van der Waals surface area contributed by atoms with E-state index in [1.54, 1.807) is 0 Å². The van der Waals surface area contributed by atoms with Crippen molar-refractivity contribution in [1.29, 1.82) is 0 Å². The first-order valence-electron chi connectivity index (χ1n) is 7.76. The minimum Gasteiger partial charge on any atom is -0.455 e. The van der Waals surface area contributed by atoms with E-state index in [-0.39, 0.29) is 24.4 Å². The topological polar surface area (TPSA) is 46.6 Å². The Bertz CT molecular complexity index is 431. The smallest absolute Gasteiger partial charge is 0.310 e. The molecule has 4 atom stereocenters. The number of rotatable bonds is 3. The van der Waals surface area contributed by atoms with E-state index < -0.39 is 0 Å². The molecule has 1 saturated carbocycles. The zero-order valence-corrected chi connectivity index (χ0v) is 12.1. The third-order valence-electron chi connectivity index (χ3n) is 4.93. The summed E-state index contributed by atoms with van der Waals surface area (Å²) in [4.78, 5) is 26.0. The van der Waals surface area contributed by atoms with Crippen molar-refractivity contribution in [3.05, 3.63) is 12.2 Å². The fourth-order valence-electron chi connectivity index (χ4n) is 3.80. The van der Waals surface area contributed by atoms with Gasteiger partial charge in [0.25, 0.3) is 5.91 Å². The lowest BCUT2D eigenvalue weighted by Gasteiger charge is -2.30. The summed E-state index contributed by atoms with van der Waals surface area (Å²) in [6.07, 6.45) is 8.55. The second kappa shape index (κ2) is 5.58. The number of piperidine rings is 1. The van der Waals surface area contributed by atoms with Crippen LogP contribution in [0.15, 0.2) is 12.2 Å². The van der Waals surface area contributed by atoms with Crippen molar-refractivity contribution in [3.8, 4) is 0 Å². The summed E-state index contributed by atoms with van der Waals surface area (Å²) in [5.74, 6) is 1.22. The molecule has 1 heterocycles. The molecular weight excluding hydrogens is 254 g/mol. The van der Waals surface area contributed by atoms with Crippen LogP contribution in [0.25, 0.3) is 0 Å². The van der Waals surface area contributed by atoms with Crippen LogP contribution in [0.4, 0.5) is 0 Å². The second-order valence-electron chi connectivity index (χ2n) is 6.58. The van der Waals surface area contributed by atoms with Crippen molar-refractivity contribution < 1.29 is 14.3 Å². The van der Waals surface area contributed by atoms with Gasteiger partial charge in [-0.15, -0.1) is 0 Å². The molecule has 20 heavy (non-hydrogen) atoms. The molecule has 0 aromatic heterocycles. The minimum atomic E-state index is -0.180. The zero-order valence-electron chi connectivity index (χ0n) is 12.1. The molecule has 0 radical (unpaired) electrons. The van der Waals surface area contributed by atoms with Crippen LogP contribution in [0.5, 0.6) is 0 Å². The molecule has 2 fully saturated rings. The number of hydrogen-bond acceptors (Lipinski definition) is 3. The van der Waals surface area contributed by atoms with E-state index in [4.69, 9.17) is 4.74 Å². The van der Waals surface area contributed by atoms with E-state index in [1.807, 2.05) is 4.90 Å². The first-order valence-corrected chi connectivity index (χ1v) is 7.76. The lowest BCUT2D eigenvalue weighted by molar-refractivity contribution is -0.156. The van der Waals surface area contributed by atoms with Gasteiger partial charge in [-0.2, -0.15) is 0 Å². The Labute approximate surface area is 120 Å². The molecule has 0 aromatic rings. The molecule has 4 heteroatoms. The average Bonchev–Trinajstić information content (AvgIpc) is 3.07. The molecule has 1 saturated heterocycles. The molecular formula is C16H23NO3. The Morgan fingerprint density at radius 1 is 1.30 bits per heavy atom. The molecule has 110 valence electrons. The average molecular weight is 277 g/mol. The van der Waals surface area contributed by atoms with Crippen LogP contribution < -0.4 is 0 Å². The number of fused-ring (bicyclic) bond motifs is 2. The fraction of sp³-hybridized carbons (Fsp3) is 0.750. The molecule has 4 nitrogen and oxygen atoms in total. The van der Waals surface area contributed by atoms with Crippen LogP contribution >= 0.6 is 0 Å². The van der Waals surface area contributed by atoms with Crippen molar-refractivity contribution in [3.63, 3.8) is 0 Å². The van der Waals surface area contributed by atoms with Crippen LogP contribution in [0.1, 0.15) is 32.6 Å². The third kappa shape index (κ3) is 2.74. The number of esters is 1. The van der Waals surface area contributed by atoms with E-state index >= 15 is 0 Å². The second-order valence-corrected chi connectivity index (χ2v) is 6.58. The summed E-state index contributed by atoms with van der Waals surface area (Å²) in [5.41, 5.74) is 0. The van der Waals surface area contributed by atoms with Crippen molar-refractivity contribution in [2.75, 3.05) is 19.7 Å². The Hall–Kier alpha value is -1.32. The molecule has 1 aliphatic heterocycles. The zero-order chi connectivity index (χ0) is 14.1. The summed E-state index contributed by atoms with van der Waals surface area (Å²) in [6.45, 7) is 3.68. The van der Waals surface area contributed by atoms with Gasteiger partial charge in [-0.25, -0.2) is 0 Å². The molecule has 2 bridgehead atoms. The normalized spacial score (nSPS) is 35.4. The number of ether oxygens (including phenoxy) is 1. The number of carbonyl (C=O) groups excluding carboxylic acids is 2. The van der Waals surface area contributed by atoms with Gasteiger partial charge in [0.1, 0.15) is 0 Å². The highest BCUT2D eigenvalue weighted by Crippen LogP contribution is 2.43. The number of amides is 1. The Kier molecular flexibility index (Phi) is 3.81. The molecule has 0 N–H and O–H groups in total. The van der Waals surface area contributed by atoms with Crippen molar-refractivity contribution >= 4 is 11.9 Å². The van der Waals surface area contributed by atoms with E-state index in [0.717, 1.165) is 32.4 Å². The largest absolute Gasteiger partial charge is 0.455 e. The number of carbonyl (C=O) groups is 2. The summed E-state index contributed by atoms with van der Waals surface area (Å²) in [5, 5.41) is 0. The summed E-state index contributed by atoms with van der Waals surface area (Å²) < 4.78 is 5.26. The van der Waals surface area contributed by atoms with Gasteiger partial charge in [0.15, 0.2) is 6.61 Å². The summed E-state index contributed by atoms with van der Waals surface area (Å²) in [6, 6.07) is 0. The van der Waals surface area contributed by atoms with Gasteiger partial charge < -0.3 is 9.64 Å². The van der Waals surface area contributed by atoms with Gasteiger partial charge in [0, 0.05) is 13.1 Å². The summed E-state index contributed by atoms with van der Waals surface area (Å²) >= 11 is 0. The molecule has 4 unspecified atom stereocenters. The Balaban J connectivity index is 1.46. The van der Waals surface area contributed by atoms with Crippen molar-refractivity contribution in [2.24, 2.45) is 23.7 Å².